The van der Waals surface area contributed by atoms with Gasteiger partial charge in [0.15, 0.2) is 0 Å². The van der Waals surface area contributed by atoms with Crippen LogP contribution in [0.4, 0.5) is 0 Å². The molecule has 0 aliphatic rings. The van der Waals surface area contributed by atoms with Crippen LogP contribution in [0.5, 0.6) is 0 Å². The van der Waals surface area contributed by atoms with Crippen LogP contribution in [0.25, 0.3) is 0 Å². The summed E-state index contributed by atoms with van der Waals surface area (Å²) in [6, 6.07) is 3.80. The number of nitrogens with zero attached hydrogens (tertiary/aromatic N) is 4. The maximum absolute atomic E-state index is 5.54. The highest BCUT2D eigenvalue weighted by Gasteiger charge is 2.20. The van der Waals surface area contributed by atoms with Crippen molar-refractivity contribution in [3.8, 4) is 0 Å². The Morgan fingerprint density at radius 3 is 2.95 bits per heavy atom. The fourth-order valence-electron chi connectivity index (χ4n) is 2.34. The first-order valence-electron chi connectivity index (χ1n) is 6.97. The van der Waals surface area contributed by atoms with Crippen molar-refractivity contribution in [1.29, 1.82) is 0 Å². The van der Waals surface area contributed by atoms with Crippen LogP contribution < -0.4 is 5.32 Å². The Hall–Kier alpha value is -2.34. The highest BCUT2D eigenvalue weighted by molar-refractivity contribution is 5.15. The molecule has 1 unspecified atom stereocenters. The predicted molar refractivity (Wildman–Crippen MR) is 78.7 cm³/mol. The van der Waals surface area contributed by atoms with E-state index in [2.05, 4.69) is 15.4 Å². The molecule has 0 radical (unpaired) electrons. The number of hydrogen-bond acceptors (Lipinski definition) is 4. The number of rotatable bonds is 6. The summed E-state index contributed by atoms with van der Waals surface area (Å²) < 4.78 is 9.47. The van der Waals surface area contributed by atoms with Gasteiger partial charge in [-0.15, -0.1) is 0 Å². The van der Waals surface area contributed by atoms with Gasteiger partial charge >= 0.3 is 0 Å². The monoisotopic (exact) mass is 285 g/mol. The van der Waals surface area contributed by atoms with Crippen LogP contribution in [0, 0.1) is 6.92 Å². The van der Waals surface area contributed by atoms with Gasteiger partial charge in [0.25, 0.3) is 0 Å². The van der Waals surface area contributed by atoms with Crippen molar-refractivity contribution in [2.45, 2.75) is 19.5 Å². The van der Waals surface area contributed by atoms with E-state index in [0.717, 1.165) is 24.7 Å². The second kappa shape index (κ2) is 5.97. The average Bonchev–Trinajstić information content (AvgIpc) is 3.18. The summed E-state index contributed by atoms with van der Waals surface area (Å²) >= 11 is 0. The van der Waals surface area contributed by atoms with Crippen LogP contribution in [-0.4, -0.2) is 25.9 Å². The van der Waals surface area contributed by atoms with E-state index in [-0.39, 0.29) is 6.04 Å². The summed E-state index contributed by atoms with van der Waals surface area (Å²) in [6.07, 6.45) is 9.31. The Balaban J connectivity index is 1.70. The quantitative estimate of drug-likeness (QED) is 0.751. The fourth-order valence-corrected chi connectivity index (χ4v) is 2.34. The number of aromatic nitrogens is 4. The Morgan fingerprint density at radius 1 is 1.43 bits per heavy atom. The molecule has 3 heterocycles. The van der Waals surface area contributed by atoms with Crippen LogP contribution in [0.3, 0.4) is 0 Å². The molecule has 0 saturated heterocycles. The molecule has 0 spiro atoms. The van der Waals surface area contributed by atoms with E-state index in [1.165, 1.54) is 5.56 Å². The van der Waals surface area contributed by atoms with Crippen LogP contribution in [-0.2, 0) is 13.6 Å². The number of imidazole rings is 1. The molecular formula is C15H19N5O. The molecule has 0 aromatic carbocycles. The summed E-state index contributed by atoms with van der Waals surface area (Å²) in [7, 11) is 1.98. The molecule has 0 fully saturated rings. The minimum Gasteiger partial charge on any atom is -0.467 e. The zero-order chi connectivity index (χ0) is 14.7. The molecule has 3 rings (SSSR count). The zero-order valence-corrected chi connectivity index (χ0v) is 12.2. The van der Waals surface area contributed by atoms with Crippen molar-refractivity contribution in [3.63, 3.8) is 0 Å². The first-order chi connectivity index (χ1) is 10.2. The molecule has 110 valence electrons. The minimum atomic E-state index is -0.0586. The van der Waals surface area contributed by atoms with Gasteiger partial charge < -0.3 is 8.98 Å². The molecule has 6 nitrogen and oxygen atoms in total. The van der Waals surface area contributed by atoms with E-state index in [9.17, 15) is 0 Å². The molecule has 0 aliphatic heterocycles. The predicted octanol–water partition coefficient (Wildman–Crippen LogP) is 1.90. The third kappa shape index (κ3) is 3.05. The molecule has 6 heteroatoms. The van der Waals surface area contributed by atoms with Gasteiger partial charge in [-0.2, -0.15) is 5.10 Å². The topological polar surface area (TPSA) is 60.8 Å². The highest BCUT2D eigenvalue weighted by atomic mass is 16.3. The van der Waals surface area contributed by atoms with Gasteiger partial charge in [-0.3, -0.25) is 10.00 Å². The Kier molecular flexibility index (Phi) is 3.87. The van der Waals surface area contributed by atoms with E-state index in [1.54, 1.807) is 12.5 Å². The lowest BCUT2D eigenvalue weighted by Crippen LogP contribution is -2.28. The first-order valence-corrected chi connectivity index (χ1v) is 6.97. The van der Waals surface area contributed by atoms with E-state index in [4.69, 9.17) is 4.42 Å². The molecule has 0 aliphatic carbocycles. The molecule has 1 N–H and O–H groups in total. The van der Waals surface area contributed by atoms with Crippen molar-refractivity contribution >= 4 is 0 Å². The average molecular weight is 285 g/mol. The Bertz CT molecular complexity index is 683. The summed E-state index contributed by atoms with van der Waals surface area (Å²) in [5.74, 6) is 1.79. The molecule has 0 bridgehead atoms. The number of aryl methyl sites for hydroxylation is 2. The van der Waals surface area contributed by atoms with Crippen LogP contribution in [0.2, 0.25) is 0 Å². The van der Waals surface area contributed by atoms with Gasteiger partial charge in [-0.25, -0.2) is 4.98 Å². The van der Waals surface area contributed by atoms with Gasteiger partial charge in [0.05, 0.1) is 19.0 Å². The lowest BCUT2D eigenvalue weighted by atomic mass is 10.2. The van der Waals surface area contributed by atoms with Gasteiger partial charge in [0.1, 0.15) is 17.6 Å². The lowest BCUT2D eigenvalue weighted by Gasteiger charge is -2.16. The molecule has 3 aromatic heterocycles. The third-order valence-corrected chi connectivity index (χ3v) is 3.40. The molecule has 0 saturated carbocycles. The second-order valence-corrected chi connectivity index (χ2v) is 5.08. The summed E-state index contributed by atoms with van der Waals surface area (Å²) in [4.78, 5) is 4.42. The molecule has 21 heavy (non-hydrogen) atoms. The largest absolute Gasteiger partial charge is 0.467 e. The summed E-state index contributed by atoms with van der Waals surface area (Å²) in [5.41, 5.74) is 1.17. The fraction of sp³-hybridized carbons (Fsp3) is 0.333. The van der Waals surface area contributed by atoms with Crippen molar-refractivity contribution in [1.82, 2.24) is 24.6 Å². The standard InChI is InChI=1S/C15H19N5O/c1-12-10-18-20(11-12)8-6-16-14(13-4-3-9-21-13)15-17-5-7-19(15)2/h3-5,7,9-11,14,16H,6,8H2,1-2H3. The molecule has 1 atom stereocenters. The van der Waals surface area contributed by atoms with E-state index >= 15 is 0 Å². The molecule has 3 aromatic rings. The Morgan fingerprint density at radius 2 is 2.33 bits per heavy atom. The smallest absolute Gasteiger partial charge is 0.133 e. The minimum absolute atomic E-state index is 0.0586. The van der Waals surface area contributed by atoms with Gasteiger partial charge in [-0.1, -0.05) is 0 Å². The lowest BCUT2D eigenvalue weighted by molar-refractivity contribution is 0.418. The SMILES string of the molecule is Cc1cnn(CCNC(c2ccco2)c2nccn2C)c1. The van der Waals surface area contributed by atoms with E-state index in [0.29, 0.717) is 0 Å². The van der Waals surface area contributed by atoms with E-state index in [1.807, 2.05) is 53.9 Å². The third-order valence-electron chi connectivity index (χ3n) is 3.40. The van der Waals surface area contributed by atoms with Gasteiger partial charge in [-0.05, 0) is 24.6 Å². The molecular weight excluding hydrogens is 266 g/mol. The van der Waals surface area contributed by atoms with Crippen molar-refractivity contribution in [2.75, 3.05) is 6.54 Å². The highest BCUT2D eigenvalue weighted by Crippen LogP contribution is 2.20. The van der Waals surface area contributed by atoms with Crippen LogP contribution >= 0.6 is 0 Å². The number of furan rings is 1. The van der Waals surface area contributed by atoms with Crippen molar-refractivity contribution < 1.29 is 4.42 Å². The van der Waals surface area contributed by atoms with Crippen molar-refractivity contribution in [3.05, 3.63) is 60.3 Å². The first kappa shape index (κ1) is 13.6. The second-order valence-electron chi connectivity index (χ2n) is 5.08. The number of nitrogens with one attached hydrogen (secondary N) is 1. The maximum atomic E-state index is 5.54. The summed E-state index contributed by atoms with van der Waals surface area (Å²) in [6.45, 7) is 3.62. The maximum Gasteiger partial charge on any atom is 0.133 e. The van der Waals surface area contributed by atoms with Crippen molar-refractivity contribution in [2.24, 2.45) is 7.05 Å². The van der Waals surface area contributed by atoms with Gasteiger partial charge in [0, 0.05) is 32.2 Å². The normalized spacial score (nSPS) is 12.7. The molecule has 0 amide bonds. The van der Waals surface area contributed by atoms with E-state index < -0.39 is 0 Å². The Labute approximate surface area is 123 Å². The van der Waals surface area contributed by atoms with Crippen LogP contribution in [0.1, 0.15) is 23.2 Å². The van der Waals surface area contributed by atoms with Crippen LogP contribution in [0.15, 0.2) is 47.6 Å². The summed E-state index contributed by atoms with van der Waals surface area (Å²) in [5, 5.41) is 7.77. The zero-order valence-electron chi connectivity index (χ0n) is 12.2. The van der Waals surface area contributed by atoms with Gasteiger partial charge in [0.2, 0.25) is 0 Å². The number of hydrogen-bond donors (Lipinski definition) is 1.